The molecule has 0 aliphatic heterocycles. The molecule has 6 nitrogen and oxygen atoms in total. The Bertz CT molecular complexity index is 643. The molecule has 128 valence electrons. The Labute approximate surface area is 140 Å². The molecule has 2 N–H and O–H groups in total. The van der Waals surface area contributed by atoms with E-state index in [0.29, 0.717) is 12.5 Å². The van der Waals surface area contributed by atoms with Gasteiger partial charge in [0.25, 0.3) is 11.8 Å². The van der Waals surface area contributed by atoms with E-state index in [9.17, 15) is 9.59 Å². The number of hydrogen-bond donors (Lipinski definition) is 2. The Kier molecular flexibility index (Phi) is 5.36. The maximum atomic E-state index is 12.3. The van der Waals surface area contributed by atoms with Crippen LogP contribution in [0.2, 0.25) is 0 Å². The lowest BCUT2D eigenvalue weighted by Crippen LogP contribution is -2.48. The molecule has 0 saturated heterocycles. The summed E-state index contributed by atoms with van der Waals surface area (Å²) in [4.78, 5) is 24.4. The van der Waals surface area contributed by atoms with E-state index in [-0.39, 0.29) is 29.4 Å². The fourth-order valence-electron chi connectivity index (χ4n) is 3.22. The maximum absolute atomic E-state index is 12.3. The fraction of sp³-hybridized carbons (Fsp3) is 0.444. The molecular weight excluding hydrogens is 308 g/mol. The van der Waals surface area contributed by atoms with Crippen molar-refractivity contribution in [3.05, 3.63) is 48.3 Å². The average molecular weight is 330 g/mol. The van der Waals surface area contributed by atoms with Crippen LogP contribution in [0, 0.1) is 5.92 Å². The summed E-state index contributed by atoms with van der Waals surface area (Å²) in [5, 5.41) is 5.87. The zero-order valence-electron chi connectivity index (χ0n) is 13.5. The lowest BCUT2D eigenvalue weighted by molar-refractivity contribution is 0.0855. The van der Waals surface area contributed by atoms with Crippen LogP contribution < -0.4 is 10.6 Å². The maximum Gasteiger partial charge on any atom is 0.287 e. The van der Waals surface area contributed by atoms with Gasteiger partial charge in [-0.2, -0.15) is 0 Å². The third kappa shape index (κ3) is 4.07. The first-order chi connectivity index (χ1) is 11.7. The van der Waals surface area contributed by atoms with Gasteiger partial charge in [-0.05, 0) is 43.0 Å². The van der Waals surface area contributed by atoms with E-state index >= 15 is 0 Å². The lowest BCUT2D eigenvalue weighted by atomic mass is 9.83. The van der Waals surface area contributed by atoms with Crippen molar-refractivity contribution in [3.8, 4) is 0 Å². The summed E-state index contributed by atoms with van der Waals surface area (Å²) in [6.07, 6.45) is 8.59. The van der Waals surface area contributed by atoms with Gasteiger partial charge in [0.2, 0.25) is 0 Å². The SMILES string of the molecule is O=C(NCC(NC(=O)c1ccco1)C1CCCCC1)c1ccco1. The van der Waals surface area contributed by atoms with E-state index in [2.05, 4.69) is 10.6 Å². The Morgan fingerprint density at radius 3 is 2.21 bits per heavy atom. The molecular formula is C18H22N2O4. The molecule has 0 aromatic carbocycles. The monoisotopic (exact) mass is 330 g/mol. The summed E-state index contributed by atoms with van der Waals surface area (Å²) < 4.78 is 10.3. The Hall–Kier alpha value is -2.50. The molecule has 1 aliphatic carbocycles. The van der Waals surface area contributed by atoms with Crippen molar-refractivity contribution in [2.45, 2.75) is 38.1 Å². The van der Waals surface area contributed by atoms with Gasteiger partial charge in [-0.25, -0.2) is 0 Å². The van der Waals surface area contributed by atoms with Crippen LogP contribution >= 0.6 is 0 Å². The van der Waals surface area contributed by atoms with Crippen LogP contribution in [0.4, 0.5) is 0 Å². The van der Waals surface area contributed by atoms with Gasteiger partial charge < -0.3 is 19.5 Å². The predicted molar refractivity (Wildman–Crippen MR) is 87.6 cm³/mol. The third-order valence-electron chi connectivity index (χ3n) is 4.51. The van der Waals surface area contributed by atoms with Gasteiger partial charge in [0.1, 0.15) is 0 Å². The van der Waals surface area contributed by atoms with E-state index in [0.717, 1.165) is 25.7 Å². The summed E-state index contributed by atoms with van der Waals surface area (Å²) >= 11 is 0. The lowest BCUT2D eigenvalue weighted by Gasteiger charge is -2.30. The van der Waals surface area contributed by atoms with Crippen LogP contribution in [-0.4, -0.2) is 24.4 Å². The van der Waals surface area contributed by atoms with Gasteiger partial charge >= 0.3 is 0 Å². The van der Waals surface area contributed by atoms with Crippen molar-refractivity contribution in [2.24, 2.45) is 5.92 Å². The molecule has 3 rings (SSSR count). The molecule has 2 aromatic rings. The number of rotatable bonds is 6. The van der Waals surface area contributed by atoms with E-state index in [1.54, 1.807) is 24.3 Å². The molecule has 2 aromatic heterocycles. The smallest absolute Gasteiger partial charge is 0.287 e. The second-order valence-corrected chi connectivity index (χ2v) is 6.14. The summed E-state index contributed by atoms with van der Waals surface area (Å²) in [6, 6.07) is 6.48. The molecule has 0 bridgehead atoms. The van der Waals surface area contributed by atoms with Crippen molar-refractivity contribution < 1.29 is 18.4 Å². The molecule has 2 amide bonds. The van der Waals surface area contributed by atoms with Gasteiger partial charge in [0, 0.05) is 12.6 Å². The van der Waals surface area contributed by atoms with E-state index < -0.39 is 0 Å². The van der Waals surface area contributed by atoms with Crippen molar-refractivity contribution in [1.82, 2.24) is 10.6 Å². The highest BCUT2D eigenvalue weighted by Gasteiger charge is 2.27. The second-order valence-electron chi connectivity index (χ2n) is 6.14. The molecule has 24 heavy (non-hydrogen) atoms. The van der Waals surface area contributed by atoms with Gasteiger partial charge in [-0.15, -0.1) is 0 Å². The number of carbonyl (C=O) groups is 2. The standard InChI is InChI=1S/C18H22N2O4/c21-17(15-8-4-10-23-15)19-12-14(13-6-2-1-3-7-13)20-18(22)16-9-5-11-24-16/h4-5,8-11,13-14H,1-3,6-7,12H2,(H,19,21)(H,20,22). The highest BCUT2D eigenvalue weighted by atomic mass is 16.3. The van der Waals surface area contributed by atoms with Crippen molar-refractivity contribution >= 4 is 11.8 Å². The summed E-state index contributed by atoms with van der Waals surface area (Å²) in [5.41, 5.74) is 0. The first kappa shape index (κ1) is 16.4. The summed E-state index contributed by atoms with van der Waals surface area (Å²) in [5.74, 6) is 0.397. The normalized spacial score (nSPS) is 16.5. The van der Waals surface area contributed by atoms with Crippen LogP contribution in [0.1, 0.15) is 53.2 Å². The topological polar surface area (TPSA) is 84.5 Å². The highest BCUT2D eigenvalue weighted by molar-refractivity contribution is 5.92. The molecule has 6 heteroatoms. The molecule has 2 heterocycles. The zero-order valence-corrected chi connectivity index (χ0v) is 13.5. The minimum atomic E-state index is -0.270. The highest BCUT2D eigenvalue weighted by Crippen LogP contribution is 2.26. The van der Waals surface area contributed by atoms with Crippen molar-refractivity contribution in [3.63, 3.8) is 0 Å². The number of nitrogens with one attached hydrogen (secondary N) is 2. The molecule has 1 atom stereocenters. The van der Waals surface area contributed by atoms with Crippen LogP contribution in [0.3, 0.4) is 0 Å². The van der Waals surface area contributed by atoms with E-state index in [1.165, 1.54) is 18.9 Å². The van der Waals surface area contributed by atoms with Crippen LogP contribution in [0.5, 0.6) is 0 Å². The average Bonchev–Trinajstić information content (AvgIpc) is 3.32. The molecule has 1 fully saturated rings. The number of carbonyl (C=O) groups excluding carboxylic acids is 2. The number of furan rings is 2. The summed E-state index contributed by atoms with van der Waals surface area (Å²) in [7, 11) is 0. The van der Waals surface area contributed by atoms with E-state index in [4.69, 9.17) is 8.83 Å². The second kappa shape index (κ2) is 7.86. The van der Waals surface area contributed by atoms with Gasteiger partial charge in [0.15, 0.2) is 11.5 Å². The third-order valence-corrected chi connectivity index (χ3v) is 4.51. The van der Waals surface area contributed by atoms with Crippen molar-refractivity contribution in [1.29, 1.82) is 0 Å². The quantitative estimate of drug-likeness (QED) is 0.853. The zero-order chi connectivity index (χ0) is 16.8. The van der Waals surface area contributed by atoms with Crippen LogP contribution in [0.25, 0.3) is 0 Å². The Morgan fingerprint density at radius 1 is 1.00 bits per heavy atom. The van der Waals surface area contributed by atoms with Crippen molar-refractivity contribution in [2.75, 3.05) is 6.54 Å². The number of amides is 2. The van der Waals surface area contributed by atoms with Gasteiger partial charge in [-0.3, -0.25) is 9.59 Å². The van der Waals surface area contributed by atoms with Gasteiger partial charge in [-0.1, -0.05) is 19.3 Å². The molecule has 1 aliphatic rings. The minimum absolute atomic E-state index is 0.123. The largest absolute Gasteiger partial charge is 0.459 e. The molecule has 0 spiro atoms. The first-order valence-corrected chi connectivity index (χ1v) is 8.40. The molecule has 1 unspecified atom stereocenters. The molecule has 0 radical (unpaired) electrons. The molecule has 1 saturated carbocycles. The predicted octanol–water partition coefficient (Wildman–Crippen LogP) is 2.98. The Morgan fingerprint density at radius 2 is 1.62 bits per heavy atom. The van der Waals surface area contributed by atoms with Crippen LogP contribution in [-0.2, 0) is 0 Å². The number of hydrogen-bond acceptors (Lipinski definition) is 4. The fourth-order valence-corrected chi connectivity index (χ4v) is 3.22. The van der Waals surface area contributed by atoms with E-state index in [1.807, 2.05) is 0 Å². The van der Waals surface area contributed by atoms with Crippen LogP contribution in [0.15, 0.2) is 45.6 Å². The minimum Gasteiger partial charge on any atom is -0.459 e. The summed E-state index contributed by atoms with van der Waals surface area (Å²) in [6.45, 7) is 0.372. The van der Waals surface area contributed by atoms with Gasteiger partial charge in [0.05, 0.1) is 12.5 Å². The first-order valence-electron chi connectivity index (χ1n) is 8.40. The Balaban J connectivity index is 1.62.